The van der Waals surface area contributed by atoms with Crippen LogP contribution in [0.3, 0.4) is 0 Å². The lowest BCUT2D eigenvalue weighted by atomic mass is 9.98. The standard InChI is InChI=1S/C50H92O15/c1-3-5-7-9-11-13-14-15-16-17-18-19-20-21-22-23-24-25-27-28-30-32-41(52)60-35-38(63-42(53)33-31-29-26-12-10-8-6-4-2)36-61-49-48(59)46(57)44(55)40(65-49)37-62-50-47(58)45(56)43(54)39(34-51)64-50/h15-16,38-40,43-51,54-59H,3-14,17-37H2,1-2H3/b16-15+/t38-,39+,40+,43-,44-,45?,46?,47?,48?,49+,50+/m0/s1. The zero-order valence-electron chi connectivity index (χ0n) is 40.2. The Morgan fingerprint density at radius 3 is 1.35 bits per heavy atom. The summed E-state index contributed by atoms with van der Waals surface area (Å²) in [5.74, 6) is -0.922. The molecule has 15 heteroatoms. The molecule has 11 atom stereocenters. The second kappa shape index (κ2) is 38.1. The van der Waals surface area contributed by atoms with Gasteiger partial charge in [0.15, 0.2) is 18.7 Å². The van der Waals surface area contributed by atoms with Gasteiger partial charge in [0.05, 0.1) is 19.8 Å². The van der Waals surface area contributed by atoms with Crippen LogP contribution in [0.1, 0.15) is 200 Å². The maximum atomic E-state index is 12.9. The Labute approximate surface area is 390 Å². The van der Waals surface area contributed by atoms with Crippen LogP contribution in [0.25, 0.3) is 0 Å². The molecule has 0 aromatic heterocycles. The molecule has 2 aliphatic rings. The second-order valence-corrected chi connectivity index (χ2v) is 18.4. The fraction of sp³-hybridized carbons (Fsp3) is 0.920. The third-order valence-corrected chi connectivity index (χ3v) is 12.5. The number of unbranched alkanes of at least 4 members (excludes halogenated alkanes) is 24. The van der Waals surface area contributed by atoms with Gasteiger partial charge < -0.3 is 64.2 Å². The minimum absolute atomic E-state index is 0.168. The number of hydrogen-bond acceptors (Lipinski definition) is 15. The van der Waals surface area contributed by atoms with E-state index in [0.29, 0.717) is 12.8 Å². The highest BCUT2D eigenvalue weighted by Crippen LogP contribution is 2.26. The maximum Gasteiger partial charge on any atom is 0.306 e. The lowest BCUT2D eigenvalue weighted by Gasteiger charge is -2.42. The molecule has 0 amide bonds. The van der Waals surface area contributed by atoms with E-state index in [4.69, 9.17) is 28.4 Å². The zero-order valence-corrected chi connectivity index (χ0v) is 40.2. The van der Waals surface area contributed by atoms with Gasteiger partial charge in [-0.15, -0.1) is 0 Å². The number of carbonyl (C=O) groups excluding carboxylic acids is 2. The van der Waals surface area contributed by atoms with Crippen molar-refractivity contribution in [3.63, 3.8) is 0 Å². The van der Waals surface area contributed by atoms with Gasteiger partial charge in [-0.25, -0.2) is 0 Å². The summed E-state index contributed by atoms with van der Waals surface area (Å²) in [6.07, 6.45) is 19.9. The largest absolute Gasteiger partial charge is 0.462 e. The van der Waals surface area contributed by atoms with E-state index in [-0.39, 0.29) is 26.1 Å². The van der Waals surface area contributed by atoms with Crippen molar-refractivity contribution in [2.24, 2.45) is 0 Å². The van der Waals surface area contributed by atoms with Gasteiger partial charge in [-0.1, -0.05) is 161 Å². The number of carbonyl (C=O) groups is 2. The molecule has 0 aromatic carbocycles. The summed E-state index contributed by atoms with van der Waals surface area (Å²) in [6, 6.07) is 0. The quantitative estimate of drug-likeness (QED) is 0.0187. The van der Waals surface area contributed by atoms with Crippen LogP contribution in [-0.2, 0) is 38.0 Å². The number of allylic oxidation sites excluding steroid dienone is 2. The molecule has 0 spiro atoms. The number of aliphatic hydroxyl groups excluding tert-OH is 7. The van der Waals surface area contributed by atoms with Gasteiger partial charge in [0.2, 0.25) is 0 Å². The molecular formula is C50H92O15. The smallest absolute Gasteiger partial charge is 0.306 e. The predicted molar refractivity (Wildman–Crippen MR) is 248 cm³/mol. The lowest BCUT2D eigenvalue weighted by Crippen LogP contribution is -2.61. The van der Waals surface area contributed by atoms with Crippen molar-refractivity contribution in [3.05, 3.63) is 12.2 Å². The third-order valence-electron chi connectivity index (χ3n) is 12.5. The van der Waals surface area contributed by atoms with Crippen molar-refractivity contribution in [2.45, 2.75) is 268 Å². The molecule has 2 saturated heterocycles. The molecule has 0 radical (unpaired) electrons. The van der Waals surface area contributed by atoms with Crippen LogP contribution in [0.5, 0.6) is 0 Å². The summed E-state index contributed by atoms with van der Waals surface area (Å²) in [6.45, 7) is 2.56. The van der Waals surface area contributed by atoms with Crippen molar-refractivity contribution in [1.29, 1.82) is 0 Å². The van der Waals surface area contributed by atoms with Crippen LogP contribution in [0.15, 0.2) is 12.2 Å². The van der Waals surface area contributed by atoms with Gasteiger partial charge in [0, 0.05) is 12.8 Å². The molecule has 0 saturated carbocycles. The van der Waals surface area contributed by atoms with E-state index in [1.165, 1.54) is 122 Å². The van der Waals surface area contributed by atoms with Crippen LogP contribution in [0.2, 0.25) is 0 Å². The van der Waals surface area contributed by atoms with E-state index in [2.05, 4.69) is 26.0 Å². The van der Waals surface area contributed by atoms with E-state index < -0.39 is 92.7 Å². The number of aliphatic hydroxyl groups is 7. The van der Waals surface area contributed by atoms with Gasteiger partial charge in [-0.3, -0.25) is 9.59 Å². The van der Waals surface area contributed by atoms with Crippen LogP contribution in [0.4, 0.5) is 0 Å². The summed E-state index contributed by atoms with van der Waals surface area (Å²) in [4.78, 5) is 25.6. The highest BCUT2D eigenvalue weighted by molar-refractivity contribution is 5.70. The van der Waals surface area contributed by atoms with Gasteiger partial charge in [0.1, 0.15) is 55.4 Å². The first kappa shape index (κ1) is 59.4. The Kier molecular flexibility index (Phi) is 34.8. The van der Waals surface area contributed by atoms with E-state index in [9.17, 15) is 45.3 Å². The molecule has 15 nitrogen and oxygen atoms in total. The highest BCUT2D eigenvalue weighted by atomic mass is 16.7. The van der Waals surface area contributed by atoms with Crippen molar-refractivity contribution in [2.75, 3.05) is 26.4 Å². The first-order valence-corrected chi connectivity index (χ1v) is 25.8. The third kappa shape index (κ3) is 26.5. The Morgan fingerprint density at radius 1 is 0.477 bits per heavy atom. The van der Waals surface area contributed by atoms with Crippen molar-refractivity contribution < 1.29 is 73.8 Å². The summed E-state index contributed by atoms with van der Waals surface area (Å²) < 4.78 is 33.5. The molecule has 2 heterocycles. The van der Waals surface area contributed by atoms with Crippen LogP contribution >= 0.6 is 0 Å². The van der Waals surface area contributed by atoms with Crippen LogP contribution in [-0.4, -0.2) is 142 Å². The van der Waals surface area contributed by atoms with E-state index in [1.54, 1.807) is 0 Å². The number of ether oxygens (including phenoxy) is 6. The highest BCUT2D eigenvalue weighted by Gasteiger charge is 2.47. The normalized spacial score (nSPS) is 26.4. The Balaban J connectivity index is 1.73. The van der Waals surface area contributed by atoms with E-state index in [1.807, 2.05) is 0 Å². The molecule has 0 bridgehead atoms. The molecule has 4 unspecified atom stereocenters. The molecule has 7 N–H and O–H groups in total. The van der Waals surface area contributed by atoms with E-state index >= 15 is 0 Å². The minimum atomic E-state index is -1.76. The topological polar surface area (TPSA) is 231 Å². The van der Waals surface area contributed by atoms with E-state index in [0.717, 1.165) is 38.5 Å². The molecule has 2 fully saturated rings. The molecule has 382 valence electrons. The van der Waals surface area contributed by atoms with Crippen LogP contribution < -0.4 is 0 Å². The summed E-state index contributed by atoms with van der Waals surface area (Å²) in [5, 5.41) is 71.9. The van der Waals surface area contributed by atoms with Crippen molar-refractivity contribution in [1.82, 2.24) is 0 Å². The monoisotopic (exact) mass is 933 g/mol. The average molecular weight is 933 g/mol. The molecule has 0 aromatic rings. The van der Waals surface area contributed by atoms with Gasteiger partial charge in [-0.2, -0.15) is 0 Å². The lowest BCUT2D eigenvalue weighted by molar-refractivity contribution is -0.332. The summed E-state index contributed by atoms with van der Waals surface area (Å²) in [5.41, 5.74) is 0. The summed E-state index contributed by atoms with van der Waals surface area (Å²) >= 11 is 0. The first-order chi connectivity index (χ1) is 31.5. The average Bonchev–Trinajstić information content (AvgIpc) is 3.30. The molecule has 65 heavy (non-hydrogen) atoms. The Morgan fingerprint density at radius 2 is 0.877 bits per heavy atom. The number of hydrogen-bond donors (Lipinski definition) is 7. The molecule has 2 aliphatic heterocycles. The van der Waals surface area contributed by atoms with Gasteiger partial charge in [0.25, 0.3) is 0 Å². The maximum absolute atomic E-state index is 12.9. The van der Waals surface area contributed by atoms with Gasteiger partial charge in [-0.05, 0) is 38.5 Å². The molecule has 0 aliphatic carbocycles. The fourth-order valence-corrected chi connectivity index (χ4v) is 8.21. The van der Waals surface area contributed by atoms with Crippen molar-refractivity contribution in [3.8, 4) is 0 Å². The summed E-state index contributed by atoms with van der Waals surface area (Å²) in [7, 11) is 0. The Hall–Kier alpha value is -1.76. The predicted octanol–water partition coefficient (Wildman–Crippen LogP) is 6.99. The van der Waals surface area contributed by atoms with Gasteiger partial charge >= 0.3 is 11.9 Å². The number of rotatable bonds is 40. The molecule has 2 rings (SSSR count). The van der Waals surface area contributed by atoms with Crippen LogP contribution in [0, 0.1) is 0 Å². The minimum Gasteiger partial charge on any atom is -0.462 e. The SMILES string of the molecule is CCCCCCCC/C=C/CCCCCCCCCCCCCC(=O)OC[C@@H](CO[C@@H]1O[C@H](CO[C@@H]2O[C@H](CO)[C@H](O)C(O)C2O)[C@H](O)C(O)C1O)OC(=O)CCCCCCCCCC. The molecular weight excluding hydrogens is 841 g/mol. The zero-order chi connectivity index (χ0) is 47.5. The number of esters is 2. The second-order valence-electron chi connectivity index (χ2n) is 18.4. The fourth-order valence-electron chi connectivity index (χ4n) is 8.21. The Bertz CT molecular complexity index is 1190. The van der Waals surface area contributed by atoms with Crippen molar-refractivity contribution >= 4 is 11.9 Å². The first-order valence-electron chi connectivity index (χ1n) is 25.8.